The fraction of sp³-hybridized carbons (Fsp3) is 0.593. The summed E-state index contributed by atoms with van der Waals surface area (Å²) in [4.78, 5) is 11.2. The van der Waals surface area contributed by atoms with Crippen LogP contribution in [0.5, 0.6) is 11.5 Å². The van der Waals surface area contributed by atoms with Gasteiger partial charge in [0.25, 0.3) is 0 Å². The minimum Gasteiger partial charge on any atom is -0.507 e. The summed E-state index contributed by atoms with van der Waals surface area (Å²) in [5.74, 6) is -0.0415. The van der Waals surface area contributed by atoms with E-state index in [1.165, 1.54) is 26.2 Å². The minimum atomic E-state index is -0.304. The summed E-state index contributed by atoms with van der Waals surface area (Å²) >= 11 is 3.51. The van der Waals surface area contributed by atoms with E-state index in [4.69, 9.17) is 4.74 Å². The van der Waals surface area contributed by atoms with Gasteiger partial charge in [0.05, 0.1) is 0 Å². The molecule has 0 bridgehead atoms. The summed E-state index contributed by atoms with van der Waals surface area (Å²) in [6.07, 6.45) is 11.8. The molecule has 176 valence electrons. The van der Waals surface area contributed by atoms with Crippen LogP contribution in [0.3, 0.4) is 0 Å². The smallest absolute Gasteiger partial charge is 0.302 e. The highest BCUT2D eigenvalue weighted by Gasteiger charge is 2.40. The number of alkyl halides is 1. The maximum Gasteiger partial charge on any atom is 0.302 e. The molecule has 4 nitrogen and oxygen atoms in total. The quantitative estimate of drug-likeness (QED) is 0.155. The SMILES string of the molecule is C=C(C)C1CCC(COC(C)=O)=C[C@@H]1c1c(O)cc(C2(CCCCCBr)CCC2)cc1O. The lowest BCUT2D eigenvalue weighted by Crippen LogP contribution is -2.34. The van der Waals surface area contributed by atoms with Crippen LogP contribution in [0, 0.1) is 5.92 Å². The van der Waals surface area contributed by atoms with Crippen LogP contribution in [-0.4, -0.2) is 28.1 Å². The van der Waals surface area contributed by atoms with E-state index in [1.807, 2.05) is 19.1 Å². The largest absolute Gasteiger partial charge is 0.507 e. The minimum absolute atomic E-state index is 0.0798. The van der Waals surface area contributed by atoms with Gasteiger partial charge in [0.1, 0.15) is 18.1 Å². The number of halogens is 1. The van der Waals surface area contributed by atoms with Crippen LogP contribution in [0.1, 0.15) is 88.7 Å². The topological polar surface area (TPSA) is 66.8 Å². The van der Waals surface area contributed by atoms with Crippen LogP contribution in [0.2, 0.25) is 0 Å². The summed E-state index contributed by atoms with van der Waals surface area (Å²) < 4.78 is 5.20. The van der Waals surface area contributed by atoms with Crippen molar-refractivity contribution >= 4 is 21.9 Å². The van der Waals surface area contributed by atoms with E-state index >= 15 is 0 Å². The highest BCUT2D eigenvalue weighted by molar-refractivity contribution is 9.09. The van der Waals surface area contributed by atoms with E-state index in [-0.39, 0.29) is 41.3 Å². The normalized spacial score (nSPS) is 22.0. The summed E-state index contributed by atoms with van der Waals surface area (Å²) in [6, 6.07) is 3.78. The van der Waals surface area contributed by atoms with Crippen molar-refractivity contribution in [2.45, 2.75) is 83.0 Å². The number of aromatic hydroxyl groups is 2. The van der Waals surface area contributed by atoms with Crippen LogP contribution < -0.4 is 0 Å². The Balaban J connectivity index is 1.90. The molecule has 1 fully saturated rings. The third kappa shape index (κ3) is 5.59. The molecule has 1 unspecified atom stereocenters. The number of unbranched alkanes of at least 4 members (excludes halogenated alkanes) is 2. The fourth-order valence-corrected chi connectivity index (χ4v) is 5.81. The van der Waals surface area contributed by atoms with Gasteiger partial charge in [-0.3, -0.25) is 4.79 Å². The van der Waals surface area contributed by atoms with Crippen LogP contribution in [-0.2, 0) is 14.9 Å². The molecule has 0 amide bonds. The molecule has 3 rings (SSSR count). The number of allylic oxidation sites excluding steroid dienone is 2. The predicted octanol–water partition coefficient (Wildman–Crippen LogP) is 7.03. The molecule has 1 aromatic carbocycles. The summed E-state index contributed by atoms with van der Waals surface area (Å²) in [5.41, 5.74) is 3.76. The molecule has 2 N–H and O–H groups in total. The Hall–Kier alpha value is -1.75. The van der Waals surface area contributed by atoms with Gasteiger partial charge in [-0.05, 0) is 80.1 Å². The first-order valence-corrected chi connectivity index (χ1v) is 13.0. The maximum atomic E-state index is 11.2. The molecule has 2 aliphatic carbocycles. The molecule has 0 spiro atoms. The molecule has 5 heteroatoms. The van der Waals surface area contributed by atoms with Crippen molar-refractivity contribution in [1.29, 1.82) is 0 Å². The molecule has 0 aliphatic heterocycles. The average molecular weight is 505 g/mol. The van der Waals surface area contributed by atoms with Gasteiger partial charge in [0, 0.05) is 23.7 Å². The van der Waals surface area contributed by atoms with Crippen LogP contribution in [0.15, 0.2) is 35.9 Å². The Labute approximate surface area is 200 Å². The Morgan fingerprint density at radius 3 is 2.41 bits per heavy atom. The molecule has 32 heavy (non-hydrogen) atoms. The Morgan fingerprint density at radius 2 is 1.88 bits per heavy atom. The number of carbonyl (C=O) groups is 1. The molecule has 2 aliphatic rings. The van der Waals surface area contributed by atoms with E-state index < -0.39 is 0 Å². The fourth-order valence-electron chi connectivity index (χ4n) is 5.42. The zero-order chi connectivity index (χ0) is 23.3. The van der Waals surface area contributed by atoms with Gasteiger partial charge in [0.15, 0.2) is 0 Å². The third-order valence-electron chi connectivity index (χ3n) is 7.40. The lowest BCUT2D eigenvalue weighted by Gasteiger charge is -2.43. The maximum absolute atomic E-state index is 11.2. The van der Waals surface area contributed by atoms with Crippen molar-refractivity contribution < 1.29 is 19.7 Å². The standard InChI is InChI=1S/C27H37BrO4/c1-18(2)22-9-8-20(17-32-19(3)29)14-23(22)26-24(30)15-21(16-25(26)31)27(11-7-12-27)10-5-4-6-13-28/h14-16,22-23,30-31H,1,4-13,17H2,2-3H3/t22?,23-/m0/s1. The average Bonchev–Trinajstić information content (AvgIpc) is 2.70. The van der Waals surface area contributed by atoms with Gasteiger partial charge in [-0.15, -0.1) is 0 Å². The first-order valence-electron chi connectivity index (χ1n) is 11.9. The number of rotatable bonds is 10. The zero-order valence-electron chi connectivity index (χ0n) is 19.5. The van der Waals surface area contributed by atoms with Crippen molar-refractivity contribution in [2.24, 2.45) is 5.92 Å². The zero-order valence-corrected chi connectivity index (χ0v) is 21.0. The number of hydrogen-bond acceptors (Lipinski definition) is 4. The van der Waals surface area contributed by atoms with E-state index in [9.17, 15) is 15.0 Å². The van der Waals surface area contributed by atoms with E-state index in [0.717, 1.165) is 60.6 Å². The predicted molar refractivity (Wildman–Crippen MR) is 133 cm³/mol. The molecule has 1 aromatic rings. The molecular weight excluding hydrogens is 468 g/mol. The van der Waals surface area contributed by atoms with E-state index in [2.05, 4.69) is 28.6 Å². The number of phenolic OH excluding ortho intramolecular Hbond substituents is 2. The molecule has 1 saturated carbocycles. The summed E-state index contributed by atoms with van der Waals surface area (Å²) in [5, 5.41) is 23.3. The van der Waals surface area contributed by atoms with Gasteiger partial charge in [-0.1, -0.05) is 53.4 Å². The lowest BCUT2D eigenvalue weighted by atomic mass is 9.61. The molecule has 0 heterocycles. The molecule has 0 radical (unpaired) electrons. The highest BCUT2D eigenvalue weighted by Crippen LogP contribution is 2.52. The molecular formula is C27H37BrO4. The van der Waals surface area contributed by atoms with Crippen molar-refractivity contribution in [2.75, 3.05) is 11.9 Å². The number of phenols is 2. The van der Waals surface area contributed by atoms with Crippen molar-refractivity contribution in [3.63, 3.8) is 0 Å². The van der Waals surface area contributed by atoms with Crippen molar-refractivity contribution in [3.05, 3.63) is 47.1 Å². The van der Waals surface area contributed by atoms with Crippen LogP contribution in [0.25, 0.3) is 0 Å². The number of hydrogen-bond donors (Lipinski definition) is 2. The number of ether oxygens (including phenoxy) is 1. The second kappa shape index (κ2) is 10.9. The van der Waals surface area contributed by atoms with Gasteiger partial charge in [0.2, 0.25) is 0 Å². The molecule has 2 atom stereocenters. The summed E-state index contributed by atoms with van der Waals surface area (Å²) in [6.45, 7) is 7.82. The number of carbonyl (C=O) groups excluding carboxylic acids is 1. The molecule has 0 aromatic heterocycles. The van der Waals surface area contributed by atoms with Crippen LogP contribution >= 0.6 is 15.9 Å². The second-order valence-corrected chi connectivity index (χ2v) is 10.5. The van der Waals surface area contributed by atoms with Crippen molar-refractivity contribution in [3.8, 4) is 11.5 Å². The number of benzene rings is 1. The molecule has 0 saturated heterocycles. The first kappa shape index (κ1) is 24.9. The van der Waals surface area contributed by atoms with Gasteiger partial charge >= 0.3 is 5.97 Å². The Morgan fingerprint density at radius 1 is 1.19 bits per heavy atom. The third-order valence-corrected chi connectivity index (χ3v) is 7.96. The monoisotopic (exact) mass is 504 g/mol. The van der Waals surface area contributed by atoms with Crippen molar-refractivity contribution in [1.82, 2.24) is 0 Å². The Kier molecular flexibility index (Phi) is 8.49. The van der Waals surface area contributed by atoms with E-state index in [1.54, 1.807) is 0 Å². The Bertz CT molecular complexity index is 845. The van der Waals surface area contributed by atoms with Gasteiger partial charge in [-0.2, -0.15) is 0 Å². The summed E-state index contributed by atoms with van der Waals surface area (Å²) in [7, 11) is 0. The lowest BCUT2D eigenvalue weighted by molar-refractivity contribution is -0.140. The first-order chi connectivity index (χ1) is 15.3. The second-order valence-electron chi connectivity index (χ2n) is 9.68. The highest BCUT2D eigenvalue weighted by atomic mass is 79.9. The van der Waals surface area contributed by atoms with Gasteiger partial charge < -0.3 is 14.9 Å². The van der Waals surface area contributed by atoms with Crippen LogP contribution in [0.4, 0.5) is 0 Å². The van der Waals surface area contributed by atoms with E-state index in [0.29, 0.717) is 5.56 Å². The number of esters is 1. The van der Waals surface area contributed by atoms with Gasteiger partial charge in [-0.25, -0.2) is 0 Å².